The predicted octanol–water partition coefficient (Wildman–Crippen LogP) is 2.24. The van der Waals surface area contributed by atoms with Gasteiger partial charge in [0.05, 0.1) is 5.92 Å². The SMILES string of the molecule is CCCn1ncnc1CC(C(=O)O)c1cccc(F)c1. The fraction of sp³-hybridized carbons (Fsp3) is 0.357. The smallest absolute Gasteiger partial charge is 0.311 e. The summed E-state index contributed by atoms with van der Waals surface area (Å²) in [5, 5.41) is 13.4. The van der Waals surface area contributed by atoms with Crippen molar-refractivity contribution in [2.45, 2.75) is 32.2 Å². The first-order valence-electron chi connectivity index (χ1n) is 6.46. The van der Waals surface area contributed by atoms with Crippen molar-refractivity contribution in [3.8, 4) is 0 Å². The van der Waals surface area contributed by atoms with Crippen LogP contribution in [0, 0.1) is 5.82 Å². The molecular formula is C14H16FN3O2. The van der Waals surface area contributed by atoms with Gasteiger partial charge in [0.25, 0.3) is 0 Å². The molecule has 20 heavy (non-hydrogen) atoms. The standard InChI is InChI=1S/C14H16FN3O2/c1-2-6-18-13(16-9-17-18)8-12(14(19)20)10-4-3-5-11(15)7-10/h3-5,7,9,12H,2,6,8H2,1H3,(H,19,20). The van der Waals surface area contributed by atoms with Gasteiger partial charge in [0.1, 0.15) is 18.0 Å². The molecule has 1 N–H and O–H groups in total. The average Bonchev–Trinajstić information content (AvgIpc) is 2.83. The third kappa shape index (κ3) is 3.20. The van der Waals surface area contributed by atoms with Crippen molar-refractivity contribution >= 4 is 5.97 Å². The third-order valence-corrected chi connectivity index (χ3v) is 3.07. The second kappa shape index (κ2) is 6.27. The number of aryl methyl sites for hydroxylation is 1. The van der Waals surface area contributed by atoms with Crippen LogP contribution in [-0.4, -0.2) is 25.8 Å². The Bertz CT molecular complexity index is 598. The van der Waals surface area contributed by atoms with Crippen LogP contribution in [0.4, 0.5) is 4.39 Å². The lowest BCUT2D eigenvalue weighted by Gasteiger charge is -2.13. The van der Waals surface area contributed by atoms with Gasteiger partial charge < -0.3 is 5.11 Å². The van der Waals surface area contributed by atoms with Crippen molar-refractivity contribution in [1.82, 2.24) is 14.8 Å². The van der Waals surface area contributed by atoms with Gasteiger partial charge in [0, 0.05) is 13.0 Å². The highest BCUT2D eigenvalue weighted by Crippen LogP contribution is 2.21. The highest BCUT2D eigenvalue weighted by Gasteiger charge is 2.23. The topological polar surface area (TPSA) is 68.0 Å². The molecule has 0 aliphatic carbocycles. The molecule has 6 heteroatoms. The highest BCUT2D eigenvalue weighted by atomic mass is 19.1. The first-order valence-corrected chi connectivity index (χ1v) is 6.46. The Labute approximate surface area is 116 Å². The van der Waals surface area contributed by atoms with Gasteiger partial charge in [-0.05, 0) is 24.1 Å². The summed E-state index contributed by atoms with van der Waals surface area (Å²) in [6.07, 6.45) is 2.49. The van der Waals surface area contributed by atoms with E-state index in [-0.39, 0.29) is 6.42 Å². The number of aliphatic carboxylic acids is 1. The normalized spacial score (nSPS) is 12.3. The number of hydrogen-bond acceptors (Lipinski definition) is 3. The molecule has 1 unspecified atom stereocenters. The lowest BCUT2D eigenvalue weighted by atomic mass is 9.95. The van der Waals surface area contributed by atoms with Gasteiger partial charge in [-0.3, -0.25) is 9.48 Å². The molecule has 0 aliphatic heterocycles. The summed E-state index contributed by atoms with van der Waals surface area (Å²) in [6.45, 7) is 2.69. The zero-order chi connectivity index (χ0) is 14.5. The number of hydrogen-bond donors (Lipinski definition) is 1. The van der Waals surface area contributed by atoms with Crippen LogP contribution < -0.4 is 0 Å². The molecule has 0 aliphatic rings. The van der Waals surface area contributed by atoms with E-state index in [1.807, 2.05) is 6.92 Å². The number of carbonyl (C=O) groups is 1. The van der Waals surface area contributed by atoms with Crippen molar-refractivity contribution in [3.05, 3.63) is 47.8 Å². The van der Waals surface area contributed by atoms with Gasteiger partial charge >= 0.3 is 5.97 Å². The Kier molecular flexibility index (Phi) is 4.45. The van der Waals surface area contributed by atoms with E-state index in [4.69, 9.17) is 0 Å². The third-order valence-electron chi connectivity index (χ3n) is 3.07. The van der Waals surface area contributed by atoms with Gasteiger partial charge in [-0.1, -0.05) is 19.1 Å². The van der Waals surface area contributed by atoms with Crippen molar-refractivity contribution in [2.75, 3.05) is 0 Å². The number of nitrogens with zero attached hydrogens (tertiary/aromatic N) is 3. The van der Waals surface area contributed by atoms with Crippen LogP contribution in [0.15, 0.2) is 30.6 Å². The summed E-state index contributed by atoms with van der Waals surface area (Å²) in [5.74, 6) is -1.67. The van der Waals surface area contributed by atoms with E-state index in [0.29, 0.717) is 17.9 Å². The van der Waals surface area contributed by atoms with E-state index in [2.05, 4.69) is 10.1 Å². The molecule has 2 aromatic rings. The quantitative estimate of drug-likeness (QED) is 0.879. The van der Waals surface area contributed by atoms with E-state index >= 15 is 0 Å². The van der Waals surface area contributed by atoms with Crippen LogP contribution in [0.2, 0.25) is 0 Å². The number of aromatic nitrogens is 3. The maximum absolute atomic E-state index is 13.2. The molecule has 1 aromatic heterocycles. The van der Waals surface area contributed by atoms with E-state index in [9.17, 15) is 14.3 Å². The Balaban J connectivity index is 2.26. The molecule has 2 rings (SSSR count). The molecule has 0 fully saturated rings. The molecule has 1 heterocycles. The van der Waals surface area contributed by atoms with E-state index in [0.717, 1.165) is 6.42 Å². The van der Waals surface area contributed by atoms with Crippen LogP contribution in [-0.2, 0) is 17.8 Å². The molecular weight excluding hydrogens is 261 g/mol. The van der Waals surface area contributed by atoms with E-state index in [1.165, 1.54) is 24.5 Å². The number of carboxylic acids is 1. The van der Waals surface area contributed by atoms with Crippen LogP contribution in [0.1, 0.15) is 30.7 Å². The van der Waals surface area contributed by atoms with Gasteiger partial charge in [-0.15, -0.1) is 0 Å². The minimum absolute atomic E-state index is 0.193. The first kappa shape index (κ1) is 14.2. The van der Waals surface area contributed by atoms with Crippen molar-refractivity contribution < 1.29 is 14.3 Å². The fourth-order valence-electron chi connectivity index (χ4n) is 2.10. The molecule has 0 radical (unpaired) electrons. The summed E-state index contributed by atoms with van der Waals surface area (Å²) < 4.78 is 14.9. The predicted molar refractivity (Wildman–Crippen MR) is 70.8 cm³/mol. The molecule has 5 nitrogen and oxygen atoms in total. The molecule has 106 valence electrons. The second-order valence-corrected chi connectivity index (χ2v) is 4.55. The summed E-state index contributed by atoms with van der Waals surface area (Å²) in [6, 6.07) is 5.67. The van der Waals surface area contributed by atoms with Crippen LogP contribution in [0.3, 0.4) is 0 Å². The van der Waals surface area contributed by atoms with Crippen molar-refractivity contribution in [3.63, 3.8) is 0 Å². The fourth-order valence-corrected chi connectivity index (χ4v) is 2.10. The van der Waals surface area contributed by atoms with Gasteiger partial charge in [0.15, 0.2) is 0 Å². The number of rotatable bonds is 6. The van der Waals surface area contributed by atoms with Gasteiger partial charge in [-0.2, -0.15) is 5.10 Å². The largest absolute Gasteiger partial charge is 0.481 e. The second-order valence-electron chi connectivity index (χ2n) is 4.55. The first-order chi connectivity index (χ1) is 9.61. The number of benzene rings is 1. The highest BCUT2D eigenvalue weighted by molar-refractivity contribution is 5.76. The van der Waals surface area contributed by atoms with E-state index < -0.39 is 17.7 Å². The zero-order valence-electron chi connectivity index (χ0n) is 11.2. The minimum atomic E-state index is -0.998. The summed E-state index contributed by atoms with van der Waals surface area (Å²) >= 11 is 0. The number of halogens is 1. The van der Waals surface area contributed by atoms with Crippen LogP contribution >= 0.6 is 0 Å². The summed E-state index contributed by atoms with van der Waals surface area (Å²) in [5.41, 5.74) is 0.434. The number of carboxylic acid groups (broad SMARTS) is 1. The molecule has 0 spiro atoms. The van der Waals surface area contributed by atoms with Gasteiger partial charge in [-0.25, -0.2) is 9.37 Å². The Morgan fingerprint density at radius 2 is 2.30 bits per heavy atom. The van der Waals surface area contributed by atoms with Gasteiger partial charge in [0.2, 0.25) is 0 Å². The Morgan fingerprint density at radius 3 is 2.95 bits per heavy atom. The zero-order valence-corrected chi connectivity index (χ0v) is 11.2. The maximum Gasteiger partial charge on any atom is 0.311 e. The molecule has 0 bridgehead atoms. The van der Waals surface area contributed by atoms with Crippen molar-refractivity contribution in [2.24, 2.45) is 0 Å². The maximum atomic E-state index is 13.2. The molecule has 1 atom stereocenters. The van der Waals surface area contributed by atoms with Crippen LogP contribution in [0.5, 0.6) is 0 Å². The summed E-state index contributed by atoms with van der Waals surface area (Å²) in [4.78, 5) is 15.5. The molecule has 0 saturated heterocycles. The Hall–Kier alpha value is -2.24. The van der Waals surface area contributed by atoms with Crippen molar-refractivity contribution in [1.29, 1.82) is 0 Å². The minimum Gasteiger partial charge on any atom is -0.481 e. The lowest BCUT2D eigenvalue weighted by molar-refractivity contribution is -0.138. The monoisotopic (exact) mass is 277 g/mol. The molecule has 0 amide bonds. The summed E-state index contributed by atoms with van der Waals surface area (Å²) in [7, 11) is 0. The van der Waals surface area contributed by atoms with E-state index in [1.54, 1.807) is 10.7 Å². The molecule has 1 aromatic carbocycles. The van der Waals surface area contributed by atoms with Crippen LogP contribution in [0.25, 0.3) is 0 Å². The lowest BCUT2D eigenvalue weighted by Crippen LogP contribution is -2.18. The molecule has 0 saturated carbocycles. The average molecular weight is 277 g/mol. The Morgan fingerprint density at radius 1 is 1.50 bits per heavy atom.